The van der Waals surface area contributed by atoms with Crippen LogP contribution >= 0.6 is 11.6 Å². The molecule has 0 aliphatic carbocycles. The topological polar surface area (TPSA) is 60.7 Å². The minimum Gasteiger partial charge on any atom is -0.494 e. The number of azo groups is 1. The summed E-state index contributed by atoms with van der Waals surface area (Å²) in [6.45, 7) is 0. The van der Waals surface area contributed by atoms with E-state index in [9.17, 15) is 5.11 Å². The smallest absolute Gasteiger partial charge is 0.196 e. The number of aromatic hydroxyl groups is 1. The van der Waals surface area contributed by atoms with Crippen LogP contribution in [0.5, 0.6) is 5.88 Å². The molecule has 4 nitrogen and oxygen atoms in total. The molecule has 3 aromatic rings. The van der Waals surface area contributed by atoms with E-state index in [0.717, 1.165) is 32.6 Å². The fourth-order valence-corrected chi connectivity index (χ4v) is 2.80. The Bertz CT molecular complexity index is 1020. The summed E-state index contributed by atoms with van der Waals surface area (Å²) in [6, 6.07) is 11.5. The highest BCUT2D eigenvalue weighted by atomic mass is 35.5. The molecule has 0 unspecified atom stereocenters. The van der Waals surface area contributed by atoms with E-state index in [-0.39, 0.29) is 5.88 Å². The zero-order valence-electron chi connectivity index (χ0n) is 10.8. The maximum atomic E-state index is 10.1. The standard InChI is InChI=1S/C16H10ClN3O/c17-13-6-9(7-15-12(13)8-18-20-15)5-11-10-3-1-2-4-14(10)19-16(11)21/h1-8,19,21H. The van der Waals surface area contributed by atoms with Crippen molar-refractivity contribution < 1.29 is 5.11 Å². The van der Waals surface area contributed by atoms with Crippen molar-refractivity contribution in [3.63, 3.8) is 0 Å². The molecule has 0 saturated carbocycles. The molecule has 0 fully saturated rings. The highest BCUT2D eigenvalue weighted by molar-refractivity contribution is 6.31. The van der Waals surface area contributed by atoms with Crippen LogP contribution in [0.3, 0.4) is 0 Å². The van der Waals surface area contributed by atoms with Crippen molar-refractivity contribution in [1.82, 2.24) is 4.98 Å². The van der Waals surface area contributed by atoms with Crippen LogP contribution in [0, 0.1) is 0 Å². The lowest BCUT2D eigenvalue weighted by Gasteiger charge is -1.96. The molecule has 0 amide bonds. The molecule has 1 aliphatic heterocycles. The van der Waals surface area contributed by atoms with E-state index < -0.39 is 0 Å². The van der Waals surface area contributed by atoms with Gasteiger partial charge in [0.2, 0.25) is 0 Å². The van der Waals surface area contributed by atoms with Crippen LogP contribution in [0.4, 0.5) is 5.69 Å². The fraction of sp³-hybridized carbons (Fsp3) is 0. The quantitative estimate of drug-likeness (QED) is 0.711. The molecule has 1 aliphatic rings. The molecule has 5 heteroatoms. The second-order valence-electron chi connectivity index (χ2n) is 4.86. The van der Waals surface area contributed by atoms with Crippen LogP contribution in [-0.2, 0) is 0 Å². The average molecular weight is 296 g/mol. The Kier molecular flexibility index (Phi) is 2.59. The third-order valence-electron chi connectivity index (χ3n) is 3.52. The van der Waals surface area contributed by atoms with Crippen LogP contribution < -0.4 is 10.4 Å². The second-order valence-corrected chi connectivity index (χ2v) is 5.26. The molecule has 1 aromatic heterocycles. The summed E-state index contributed by atoms with van der Waals surface area (Å²) >= 11 is 6.23. The summed E-state index contributed by atoms with van der Waals surface area (Å²) < 4.78 is 0. The Labute approximate surface area is 124 Å². The third kappa shape index (κ3) is 1.92. The van der Waals surface area contributed by atoms with Crippen molar-refractivity contribution in [2.45, 2.75) is 0 Å². The lowest BCUT2D eigenvalue weighted by atomic mass is 10.1. The number of nitrogens with one attached hydrogen (secondary N) is 1. The Morgan fingerprint density at radius 3 is 2.95 bits per heavy atom. The molecule has 0 spiro atoms. The Morgan fingerprint density at radius 1 is 1.19 bits per heavy atom. The number of fused-ring (bicyclic) bond motifs is 2. The van der Waals surface area contributed by atoms with E-state index in [1.54, 1.807) is 6.20 Å². The van der Waals surface area contributed by atoms with Crippen LogP contribution in [-0.4, -0.2) is 10.1 Å². The number of H-pyrrole nitrogens is 1. The number of halogens is 1. The van der Waals surface area contributed by atoms with Gasteiger partial charge in [-0.15, -0.1) is 0 Å². The predicted molar refractivity (Wildman–Crippen MR) is 83.2 cm³/mol. The van der Waals surface area contributed by atoms with Gasteiger partial charge in [0.25, 0.3) is 0 Å². The SMILES string of the molecule is Oc1[nH]c2ccccc2c1C=c1cc(Cl)c2c(c1)N=NC=2. The molecule has 4 rings (SSSR count). The molecule has 102 valence electrons. The van der Waals surface area contributed by atoms with Gasteiger partial charge < -0.3 is 10.1 Å². The first-order chi connectivity index (χ1) is 10.2. The Balaban J connectivity index is 1.99. The summed E-state index contributed by atoms with van der Waals surface area (Å²) in [5.41, 5.74) is 2.37. The number of aromatic nitrogens is 1. The second kappa shape index (κ2) is 4.46. The van der Waals surface area contributed by atoms with Gasteiger partial charge in [0.05, 0.1) is 16.9 Å². The molecular formula is C16H10ClN3O. The van der Waals surface area contributed by atoms with Gasteiger partial charge in [0.15, 0.2) is 5.88 Å². The van der Waals surface area contributed by atoms with E-state index in [0.29, 0.717) is 5.02 Å². The van der Waals surface area contributed by atoms with E-state index in [4.69, 9.17) is 11.6 Å². The molecule has 0 radical (unpaired) electrons. The normalized spacial score (nSPS) is 13.7. The molecular weight excluding hydrogens is 286 g/mol. The van der Waals surface area contributed by atoms with E-state index in [1.165, 1.54) is 0 Å². The van der Waals surface area contributed by atoms with Crippen molar-refractivity contribution in [3.05, 3.63) is 57.4 Å². The maximum Gasteiger partial charge on any atom is 0.196 e. The van der Waals surface area contributed by atoms with Gasteiger partial charge in [-0.05, 0) is 29.5 Å². The van der Waals surface area contributed by atoms with Crippen molar-refractivity contribution in [2.24, 2.45) is 10.2 Å². The Hall–Kier alpha value is -2.59. The van der Waals surface area contributed by atoms with Gasteiger partial charge in [0, 0.05) is 21.7 Å². The van der Waals surface area contributed by atoms with Crippen molar-refractivity contribution in [3.8, 4) is 5.88 Å². The zero-order valence-corrected chi connectivity index (χ0v) is 11.6. The number of hydrogen-bond acceptors (Lipinski definition) is 3. The number of hydrogen-bond donors (Lipinski definition) is 2. The van der Waals surface area contributed by atoms with E-state index >= 15 is 0 Å². The first kappa shape index (κ1) is 12.2. The third-order valence-corrected chi connectivity index (χ3v) is 3.83. The number of aromatic amines is 1. The van der Waals surface area contributed by atoms with Crippen LogP contribution in [0.25, 0.3) is 23.2 Å². The Morgan fingerprint density at radius 2 is 2.05 bits per heavy atom. The highest BCUT2D eigenvalue weighted by Crippen LogP contribution is 2.27. The minimum atomic E-state index is 0.140. The van der Waals surface area contributed by atoms with Crippen molar-refractivity contribution >= 4 is 40.5 Å². The number of benzene rings is 2. The van der Waals surface area contributed by atoms with Crippen LogP contribution in [0.15, 0.2) is 46.6 Å². The summed E-state index contributed by atoms with van der Waals surface area (Å²) in [5, 5.41) is 21.2. The molecule has 0 atom stereocenters. The van der Waals surface area contributed by atoms with Gasteiger partial charge in [-0.2, -0.15) is 10.2 Å². The average Bonchev–Trinajstić information content (AvgIpc) is 3.05. The van der Waals surface area contributed by atoms with E-state index in [1.807, 2.05) is 42.5 Å². The molecule has 21 heavy (non-hydrogen) atoms. The highest BCUT2D eigenvalue weighted by Gasteiger charge is 2.09. The first-order valence-electron chi connectivity index (χ1n) is 6.44. The molecule has 0 saturated heterocycles. The zero-order chi connectivity index (χ0) is 14.4. The molecule has 2 aromatic carbocycles. The summed E-state index contributed by atoms with van der Waals surface area (Å²) in [6.07, 6.45) is 3.53. The van der Waals surface area contributed by atoms with Crippen LogP contribution in [0.1, 0.15) is 5.56 Å². The van der Waals surface area contributed by atoms with Gasteiger partial charge in [-0.1, -0.05) is 29.8 Å². The lowest BCUT2D eigenvalue weighted by molar-refractivity contribution is 0.457. The molecule has 0 bridgehead atoms. The van der Waals surface area contributed by atoms with Gasteiger partial charge in [-0.25, -0.2) is 0 Å². The number of rotatable bonds is 1. The van der Waals surface area contributed by atoms with Crippen LogP contribution in [0.2, 0.25) is 5.02 Å². The maximum absolute atomic E-state index is 10.1. The van der Waals surface area contributed by atoms with E-state index in [2.05, 4.69) is 15.2 Å². The monoisotopic (exact) mass is 295 g/mol. The van der Waals surface area contributed by atoms with Gasteiger partial charge in [-0.3, -0.25) is 0 Å². The summed E-state index contributed by atoms with van der Waals surface area (Å²) in [4.78, 5) is 2.96. The van der Waals surface area contributed by atoms with Crippen molar-refractivity contribution in [2.75, 3.05) is 0 Å². The lowest BCUT2D eigenvalue weighted by Crippen LogP contribution is -2.09. The van der Waals surface area contributed by atoms with Gasteiger partial charge in [0.1, 0.15) is 0 Å². The first-order valence-corrected chi connectivity index (χ1v) is 6.82. The largest absolute Gasteiger partial charge is 0.494 e. The minimum absolute atomic E-state index is 0.140. The number of nitrogens with zero attached hydrogens (tertiary/aromatic N) is 2. The van der Waals surface area contributed by atoms with Crippen molar-refractivity contribution in [1.29, 1.82) is 0 Å². The number of para-hydroxylation sites is 1. The predicted octanol–water partition coefficient (Wildman–Crippen LogP) is 3.19. The molecule has 2 heterocycles. The summed E-state index contributed by atoms with van der Waals surface area (Å²) in [7, 11) is 0. The molecule has 2 N–H and O–H groups in total. The van der Waals surface area contributed by atoms with Gasteiger partial charge >= 0.3 is 0 Å². The summed E-state index contributed by atoms with van der Waals surface area (Å²) in [5.74, 6) is 0.140. The fourth-order valence-electron chi connectivity index (χ4n) is 2.53.